The molecular formula is C41H40IrN3. The van der Waals surface area contributed by atoms with E-state index < -0.39 is 0 Å². The van der Waals surface area contributed by atoms with Crippen molar-refractivity contribution in [1.82, 2.24) is 4.98 Å². The molecule has 4 heteroatoms. The van der Waals surface area contributed by atoms with Gasteiger partial charge in [-0.25, -0.2) is 0 Å². The zero-order chi connectivity index (χ0) is 30.7. The van der Waals surface area contributed by atoms with E-state index >= 15 is 0 Å². The van der Waals surface area contributed by atoms with Crippen LogP contribution in [0.2, 0.25) is 0 Å². The smallest absolute Gasteiger partial charge is 0.493 e. The first-order valence-corrected chi connectivity index (χ1v) is 15.7. The van der Waals surface area contributed by atoms with Crippen molar-refractivity contribution in [3.8, 4) is 11.3 Å². The quantitative estimate of drug-likeness (QED) is 0.167. The minimum absolute atomic E-state index is 0. The summed E-state index contributed by atoms with van der Waals surface area (Å²) >= 11 is 0. The zero-order valence-corrected chi connectivity index (χ0v) is 29.4. The van der Waals surface area contributed by atoms with E-state index in [1.54, 1.807) is 11.8 Å². The van der Waals surface area contributed by atoms with Crippen LogP contribution in [0.5, 0.6) is 0 Å². The van der Waals surface area contributed by atoms with Crippen molar-refractivity contribution >= 4 is 22.7 Å². The van der Waals surface area contributed by atoms with Crippen LogP contribution in [0.25, 0.3) is 11.3 Å². The summed E-state index contributed by atoms with van der Waals surface area (Å²) in [6.07, 6.45) is 4.22. The number of rotatable bonds is 2. The normalized spacial score (nSPS) is 17.6. The molecule has 45 heavy (non-hydrogen) atoms. The molecule has 3 nitrogen and oxygen atoms in total. The van der Waals surface area contributed by atoms with E-state index in [0.29, 0.717) is 0 Å². The Morgan fingerprint density at radius 3 is 2.13 bits per heavy atom. The van der Waals surface area contributed by atoms with E-state index in [1.807, 2.05) is 42.5 Å². The van der Waals surface area contributed by atoms with Crippen LogP contribution in [0.4, 0.5) is 22.7 Å². The minimum atomic E-state index is -0.0930. The van der Waals surface area contributed by atoms with E-state index in [4.69, 9.17) is 0 Å². The molecule has 0 N–H and O–H groups in total. The fourth-order valence-corrected chi connectivity index (χ4v) is 7.35. The summed E-state index contributed by atoms with van der Waals surface area (Å²) in [5.74, 6) is 0. The number of anilines is 4. The van der Waals surface area contributed by atoms with Crippen LogP contribution in [0.1, 0.15) is 76.6 Å². The Kier molecular flexibility index (Phi) is 8.04. The standard InChI is InChI=1S/C30H32N2.C11H8N.Ir/c1-28(2)17-18-29(3,4)25-21(28)15-16-23-26(25)30(5,6)22-13-10-14-24-27(22)32(23)19-31(24)20-11-8-7-9-12-20;1-2-6-10(7-3-1)11-8-4-5-9-12-11;/h7-15,19H,17-18H2,1-6H3;1-6,8-9H;/q-2;-1;+3. The van der Waals surface area contributed by atoms with Crippen LogP contribution in [0, 0.1) is 18.8 Å². The zero-order valence-electron chi connectivity index (χ0n) is 27.0. The molecule has 0 spiro atoms. The molecule has 0 amide bonds. The largest absolute Gasteiger partial charge is 3.00 e. The van der Waals surface area contributed by atoms with Gasteiger partial charge in [-0.2, -0.15) is 12.1 Å². The predicted molar refractivity (Wildman–Crippen MR) is 183 cm³/mol. The number of benzene rings is 4. The van der Waals surface area contributed by atoms with E-state index in [-0.39, 0.29) is 36.4 Å². The monoisotopic (exact) mass is 767 g/mol. The molecule has 4 aromatic carbocycles. The Bertz CT molecular complexity index is 1770. The first-order valence-electron chi connectivity index (χ1n) is 15.7. The maximum absolute atomic E-state index is 4.22. The van der Waals surface area contributed by atoms with Gasteiger partial charge in [-0.3, -0.25) is 0 Å². The van der Waals surface area contributed by atoms with Crippen molar-refractivity contribution in [2.24, 2.45) is 0 Å². The molecule has 0 radical (unpaired) electrons. The van der Waals surface area contributed by atoms with Crippen molar-refractivity contribution in [2.45, 2.75) is 70.6 Å². The molecule has 1 aromatic heterocycles. The number of para-hydroxylation sites is 2. The van der Waals surface area contributed by atoms with Crippen molar-refractivity contribution < 1.29 is 20.1 Å². The molecule has 0 fully saturated rings. The van der Waals surface area contributed by atoms with Gasteiger partial charge < -0.3 is 14.8 Å². The van der Waals surface area contributed by atoms with Crippen LogP contribution < -0.4 is 9.80 Å². The van der Waals surface area contributed by atoms with Crippen LogP contribution in [-0.2, 0) is 36.4 Å². The molecule has 0 atom stereocenters. The van der Waals surface area contributed by atoms with Crippen molar-refractivity contribution in [3.05, 3.63) is 144 Å². The van der Waals surface area contributed by atoms with Gasteiger partial charge in [0.1, 0.15) is 0 Å². The summed E-state index contributed by atoms with van der Waals surface area (Å²) < 4.78 is 0. The van der Waals surface area contributed by atoms with Gasteiger partial charge >= 0.3 is 20.1 Å². The van der Waals surface area contributed by atoms with E-state index in [0.717, 1.165) is 11.3 Å². The molecule has 0 bridgehead atoms. The number of nitrogens with zero attached hydrogens (tertiary/aromatic N) is 3. The fraction of sp³-hybridized carbons (Fsp3) is 0.268. The molecule has 228 valence electrons. The maximum atomic E-state index is 4.22. The van der Waals surface area contributed by atoms with E-state index in [1.165, 1.54) is 52.3 Å². The fourth-order valence-electron chi connectivity index (χ4n) is 7.35. The van der Waals surface area contributed by atoms with E-state index in [2.05, 4.69) is 130 Å². The first kappa shape index (κ1) is 31.3. The van der Waals surface area contributed by atoms with Gasteiger partial charge in [0, 0.05) is 23.3 Å². The number of aromatic nitrogens is 1. The molecule has 0 unspecified atom stereocenters. The molecule has 3 aliphatic rings. The van der Waals surface area contributed by atoms with Crippen LogP contribution in [0.3, 0.4) is 0 Å². The van der Waals surface area contributed by atoms with Crippen LogP contribution >= 0.6 is 0 Å². The molecule has 8 rings (SSSR count). The molecule has 1 aliphatic carbocycles. The van der Waals surface area contributed by atoms with Gasteiger partial charge in [0.05, 0.1) is 0 Å². The second kappa shape index (κ2) is 11.6. The van der Waals surface area contributed by atoms with E-state index in [9.17, 15) is 0 Å². The van der Waals surface area contributed by atoms with Crippen molar-refractivity contribution in [2.75, 3.05) is 9.80 Å². The van der Waals surface area contributed by atoms with Gasteiger partial charge in [-0.1, -0.05) is 102 Å². The van der Waals surface area contributed by atoms with Crippen molar-refractivity contribution in [3.63, 3.8) is 0 Å². The Morgan fingerprint density at radius 1 is 0.689 bits per heavy atom. The van der Waals surface area contributed by atoms with Gasteiger partial charge in [0.15, 0.2) is 0 Å². The molecule has 2 aliphatic heterocycles. The topological polar surface area (TPSA) is 19.4 Å². The number of fused-ring (bicyclic) bond motifs is 4. The Hall–Kier alpha value is -3.72. The van der Waals surface area contributed by atoms with Gasteiger partial charge in [0.25, 0.3) is 0 Å². The van der Waals surface area contributed by atoms with Gasteiger partial charge in [0.2, 0.25) is 0 Å². The van der Waals surface area contributed by atoms with Crippen LogP contribution in [-0.4, -0.2) is 4.98 Å². The van der Waals surface area contributed by atoms with Gasteiger partial charge in [-0.15, -0.1) is 59.3 Å². The SMILES string of the molecule is CC1(C)CCC(C)(C)c2c1c[c-]c1c2C(C)(C)c2cccc3c2N1[CH-]N3c1ccccc1.[Ir+3].[c-]1ccccc1-c1ccccn1. The summed E-state index contributed by atoms with van der Waals surface area (Å²) in [5, 5.41) is 0. The van der Waals surface area contributed by atoms with Crippen molar-refractivity contribution in [1.29, 1.82) is 0 Å². The second-order valence-corrected chi connectivity index (χ2v) is 14.0. The minimum Gasteiger partial charge on any atom is -0.493 e. The summed E-state index contributed by atoms with van der Waals surface area (Å²) in [6.45, 7) is 16.8. The molecular weight excluding hydrogens is 727 g/mol. The number of pyridine rings is 1. The molecule has 0 saturated heterocycles. The summed E-state index contributed by atoms with van der Waals surface area (Å²) in [4.78, 5) is 8.94. The summed E-state index contributed by atoms with van der Waals surface area (Å²) in [5.41, 5.74) is 13.1. The van der Waals surface area contributed by atoms with Crippen LogP contribution in [0.15, 0.2) is 103 Å². The average Bonchev–Trinajstić information content (AvgIpc) is 3.44. The molecule has 3 heterocycles. The Morgan fingerprint density at radius 2 is 1.42 bits per heavy atom. The first-order chi connectivity index (χ1) is 21.1. The summed E-state index contributed by atoms with van der Waals surface area (Å²) in [7, 11) is 0. The number of hydrogen-bond donors (Lipinski definition) is 0. The third kappa shape index (κ3) is 5.23. The van der Waals surface area contributed by atoms with Gasteiger partial charge in [-0.05, 0) is 52.8 Å². The maximum Gasteiger partial charge on any atom is 3.00 e. The predicted octanol–water partition coefficient (Wildman–Crippen LogP) is 10.4. The Labute approximate surface area is 282 Å². The summed E-state index contributed by atoms with van der Waals surface area (Å²) in [6, 6.07) is 40.4. The number of hydrogen-bond acceptors (Lipinski definition) is 3. The molecule has 0 saturated carbocycles. The second-order valence-electron chi connectivity index (χ2n) is 14.0. The third-order valence-electron chi connectivity index (χ3n) is 9.86. The third-order valence-corrected chi connectivity index (χ3v) is 9.86. The Balaban J connectivity index is 0.000000231. The molecule has 5 aromatic rings. The average molecular weight is 767 g/mol.